The molecule has 19 heavy (non-hydrogen) atoms. The molecular weight excluding hydrogens is 278 g/mol. The van der Waals surface area contributed by atoms with Crippen LogP contribution < -0.4 is 4.74 Å². The molecule has 1 N–H and O–H groups in total. The molecule has 1 atom stereocenters. The van der Waals surface area contributed by atoms with Gasteiger partial charge in [-0.2, -0.15) is 0 Å². The second kappa shape index (κ2) is 6.19. The number of halogens is 3. The first kappa shape index (κ1) is 15.7. The van der Waals surface area contributed by atoms with Gasteiger partial charge in [0.15, 0.2) is 0 Å². The molecule has 0 fully saturated rings. The lowest BCUT2D eigenvalue weighted by Crippen LogP contribution is -2.20. The Kier molecular flexibility index (Phi) is 5.11. The molecule has 0 aliphatic rings. The third-order valence-electron chi connectivity index (χ3n) is 2.68. The van der Waals surface area contributed by atoms with E-state index >= 15 is 0 Å². The van der Waals surface area contributed by atoms with Gasteiger partial charge in [-0.3, -0.25) is 4.79 Å². The molecule has 1 unspecified atom stereocenters. The van der Waals surface area contributed by atoms with Gasteiger partial charge in [0.05, 0.1) is 12.7 Å². The second-order valence-electron chi connectivity index (χ2n) is 4.46. The van der Waals surface area contributed by atoms with Crippen molar-refractivity contribution in [3.63, 3.8) is 0 Å². The van der Waals surface area contributed by atoms with Gasteiger partial charge in [-0.05, 0) is 24.1 Å². The average molecular weight is 293 g/mol. The van der Waals surface area contributed by atoms with Crippen LogP contribution in [0, 0.1) is 5.92 Å². The van der Waals surface area contributed by atoms with Crippen LogP contribution in [-0.4, -0.2) is 18.2 Å². The SMILES string of the molecule is COc1ccc(Cl)cc1C(F)(F)CC(C)CC(=O)O. The number of hydrogen-bond acceptors (Lipinski definition) is 2. The van der Waals surface area contributed by atoms with Crippen molar-refractivity contribution in [2.75, 3.05) is 7.11 Å². The Hall–Kier alpha value is -1.36. The summed E-state index contributed by atoms with van der Waals surface area (Å²) in [6.45, 7) is 1.47. The predicted octanol–water partition coefficient (Wildman–Crippen LogP) is 3.94. The maximum atomic E-state index is 14.2. The Morgan fingerprint density at radius 3 is 2.68 bits per heavy atom. The summed E-state index contributed by atoms with van der Waals surface area (Å²) in [6, 6.07) is 3.97. The van der Waals surface area contributed by atoms with Gasteiger partial charge in [-0.15, -0.1) is 0 Å². The Morgan fingerprint density at radius 2 is 2.16 bits per heavy atom. The minimum absolute atomic E-state index is 0.0388. The van der Waals surface area contributed by atoms with Gasteiger partial charge in [-0.1, -0.05) is 18.5 Å². The van der Waals surface area contributed by atoms with E-state index < -0.39 is 24.2 Å². The van der Waals surface area contributed by atoms with Crippen molar-refractivity contribution in [1.82, 2.24) is 0 Å². The third kappa shape index (κ3) is 4.35. The Balaban J connectivity index is 2.98. The lowest BCUT2D eigenvalue weighted by molar-refractivity contribution is -0.138. The highest BCUT2D eigenvalue weighted by Gasteiger charge is 2.37. The molecule has 0 aliphatic heterocycles. The minimum Gasteiger partial charge on any atom is -0.496 e. The quantitative estimate of drug-likeness (QED) is 0.864. The first-order valence-corrected chi connectivity index (χ1v) is 6.07. The molecule has 3 nitrogen and oxygen atoms in total. The fraction of sp³-hybridized carbons (Fsp3) is 0.462. The number of carboxylic acid groups (broad SMARTS) is 1. The maximum Gasteiger partial charge on any atom is 0.303 e. The number of ether oxygens (including phenoxy) is 1. The number of hydrogen-bond donors (Lipinski definition) is 1. The van der Waals surface area contributed by atoms with Gasteiger partial charge in [-0.25, -0.2) is 8.78 Å². The molecule has 106 valence electrons. The topological polar surface area (TPSA) is 46.5 Å². The smallest absolute Gasteiger partial charge is 0.303 e. The van der Waals surface area contributed by atoms with Gasteiger partial charge < -0.3 is 9.84 Å². The summed E-state index contributed by atoms with van der Waals surface area (Å²) in [5.41, 5.74) is -0.320. The summed E-state index contributed by atoms with van der Waals surface area (Å²) in [5, 5.41) is 8.79. The summed E-state index contributed by atoms with van der Waals surface area (Å²) >= 11 is 5.72. The standard InChI is InChI=1S/C13H15ClF2O3/c1-8(5-12(17)18)7-13(15,16)10-6-9(14)3-4-11(10)19-2/h3-4,6,8H,5,7H2,1-2H3,(H,17,18). The zero-order valence-corrected chi connectivity index (χ0v) is 11.4. The van der Waals surface area contributed by atoms with Crippen molar-refractivity contribution in [3.05, 3.63) is 28.8 Å². The molecule has 0 amide bonds. The maximum absolute atomic E-state index is 14.2. The summed E-state index contributed by atoms with van der Waals surface area (Å²) in [4.78, 5) is 10.5. The number of methoxy groups -OCH3 is 1. The molecule has 0 saturated heterocycles. The first-order valence-electron chi connectivity index (χ1n) is 5.70. The third-order valence-corrected chi connectivity index (χ3v) is 2.92. The average Bonchev–Trinajstić information content (AvgIpc) is 2.26. The highest BCUT2D eigenvalue weighted by Crippen LogP contribution is 2.41. The van der Waals surface area contributed by atoms with Crippen LogP contribution in [-0.2, 0) is 10.7 Å². The molecule has 0 saturated carbocycles. The number of benzene rings is 1. The largest absolute Gasteiger partial charge is 0.496 e. The van der Waals surface area contributed by atoms with Gasteiger partial charge in [0.2, 0.25) is 0 Å². The Morgan fingerprint density at radius 1 is 1.53 bits per heavy atom. The molecule has 1 rings (SSSR count). The number of carboxylic acids is 1. The normalized spacial score (nSPS) is 13.1. The van der Waals surface area contributed by atoms with Gasteiger partial charge in [0.25, 0.3) is 5.92 Å². The van der Waals surface area contributed by atoms with Crippen molar-refractivity contribution in [3.8, 4) is 5.75 Å². The molecule has 0 bridgehead atoms. The lowest BCUT2D eigenvalue weighted by Gasteiger charge is -2.22. The molecule has 1 aromatic carbocycles. The molecule has 0 spiro atoms. The number of rotatable bonds is 6. The van der Waals surface area contributed by atoms with Crippen LogP contribution in [0.4, 0.5) is 8.78 Å². The van der Waals surface area contributed by atoms with Crippen molar-refractivity contribution < 1.29 is 23.4 Å². The zero-order chi connectivity index (χ0) is 14.6. The van der Waals surface area contributed by atoms with Crippen LogP contribution >= 0.6 is 11.6 Å². The molecule has 0 radical (unpaired) electrons. The monoisotopic (exact) mass is 292 g/mol. The van der Waals surface area contributed by atoms with Crippen molar-refractivity contribution in [1.29, 1.82) is 0 Å². The molecule has 0 aliphatic carbocycles. The number of alkyl halides is 2. The van der Waals surface area contributed by atoms with Gasteiger partial charge >= 0.3 is 5.97 Å². The van der Waals surface area contributed by atoms with Crippen LogP contribution in [0.3, 0.4) is 0 Å². The predicted molar refractivity (Wildman–Crippen MR) is 67.9 cm³/mol. The zero-order valence-electron chi connectivity index (χ0n) is 10.6. The Labute approximate surface area is 115 Å². The summed E-state index contributed by atoms with van der Waals surface area (Å²) in [6.07, 6.45) is -0.880. The highest BCUT2D eigenvalue weighted by molar-refractivity contribution is 6.30. The molecule has 6 heteroatoms. The molecule has 0 heterocycles. The Bertz CT molecular complexity index is 463. The fourth-order valence-electron chi connectivity index (χ4n) is 1.88. The highest BCUT2D eigenvalue weighted by atomic mass is 35.5. The number of aliphatic carboxylic acids is 1. The molecule has 0 aromatic heterocycles. The van der Waals surface area contributed by atoms with Crippen LogP contribution in [0.2, 0.25) is 5.02 Å². The van der Waals surface area contributed by atoms with Crippen LogP contribution in [0.5, 0.6) is 5.75 Å². The van der Waals surface area contributed by atoms with Crippen LogP contribution in [0.15, 0.2) is 18.2 Å². The van der Waals surface area contributed by atoms with Gasteiger partial charge in [0.1, 0.15) is 5.75 Å². The summed E-state index contributed by atoms with van der Waals surface area (Å²) < 4.78 is 33.2. The van der Waals surface area contributed by atoms with E-state index in [1.54, 1.807) is 0 Å². The van der Waals surface area contributed by atoms with Gasteiger partial charge in [0, 0.05) is 17.9 Å². The van der Waals surface area contributed by atoms with Crippen molar-refractivity contribution >= 4 is 17.6 Å². The lowest BCUT2D eigenvalue weighted by atomic mass is 9.94. The van der Waals surface area contributed by atoms with Crippen LogP contribution in [0.25, 0.3) is 0 Å². The van der Waals surface area contributed by atoms with E-state index in [-0.39, 0.29) is 22.8 Å². The summed E-state index contributed by atoms with van der Waals surface area (Å²) in [7, 11) is 1.30. The fourth-order valence-corrected chi connectivity index (χ4v) is 2.06. The van der Waals surface area contributed by atoms with E-state index in [4.69, 9.17) is 21.4 Å². The van der Waals surface area contributed by atoms with E-state index in [0.29, 0.717) is 0 Å². The second-order valence-corrected chi connectivity index (χ2v) is 4.89. The van der Waals surface area contributed by atoms with Crippen molar-refractivity contribution in [2.45, 2.75) is 25.7 Å². The van der Waals surface area contributed by atoms with E-state index in [0.717, 1.165) is 6.07 Å². The minimum atomic E-state index is -3.19. The van der Waals surface area contributed by atoms with E-state index in [1.165, 1.54) is 26.2 Å². The molecular formula is C13H15ClF2O3. The van der Waals surface area contributed by atoms with E-state index in [1.807, 2.05) is 0 Å². The first-order chi connectivity index (χ1) is 8.76. The molecule has 1 aromatic rings. The van der Waals surface area contributed by atoms with Crippen molar-refractivity contribution in [2.24, 2.45) is 5.92 Å². The van der Waals surface area contributed by atoms with E-state index in [9.17, 15) is 13.6 Å². The summed E-state index contributed by atoms with van der Waals surface area (Å²) in [5.74, 6) is -4.90. The van der Waals surface area contributed by atoms with Crippen LogP contribution in [0.1, 0.15) is 25.3 Å². The number of carbonyl (C=O) groups is 1. The van der Waals surface area contributed by atoms with E-state index in [2.05, 4.69) is 0 Å².